The number of thioether (sulfide) groups is 1. The molecule has 94 valence electrons. The minimum atomic E-state index is -0.661. The first-order chi connectivity index (χ1) is 8.16. The summed E-state index contributed by atoms with van der Waals surface area (Å²) in [5.41, 5.74) is 0. The Balaban J connectivity index is 2.07. The summed E-state index contributed by atoms with van der Waals surface area (Å²) in [4.78, 5) is 11.3. The summed E-state index contributed by atoms with van der Waals surface area (Å²) in [5, 5.41) is 18.4. The van der Waals surface area contributed by atoms with E-state index in [4.69, 9.17) is 0 Å². The number of hydrogen-bond donors (Lipinski definition) is 1. The molecule has 1 aromatic rings. The third-order valence-electron chi connectivity index (χ3n) is 3.03. The Morgan fingerprint density at radius 2 is 2.12 bits per heavy atom. The summed E-state index contributed by atoms with van der Waals surface area (Å²) in [5.74, 6) is -0.891. The van der Waals surface area contributed by atoms with Crippen molar-refractivity contribution in [1.82, 2.24) is 10.2 Å². The SMILES string of the molecule is Cc1nnc(SC2CCCCCC2C(=O)O)s1. The maximum absolute atomic E-state index is 11.3. The summed E-state index contributed by atoms with van der Waals surface area (Å²) in [6.07, 6.45) is 5.07. The van der Waals surface area contributed by atoms with Crippen LogP contribution in [0.2, 0.25) is 0 Å². The summed E-state index contributed by atoms with van der Waals surface area (Å²) < 4.78 is 0.903. The molecule has 1 heterocycles. The van der Waals surface area contributed by atoms with Gasteiger partial charge in [0.2, 0.25) is 0 Å². The molecule has 6 heteroatoms. The first-order valence-electron chi connectivity index (χ1n) is 5.86. The number of aromatic nitrogens is 2. The first kappa shape index (κ1) is 12.8. The van der Waals surface area contributed by atoms with Crippen LogP contribution in [0.15, 0.2) is 4.34 Å². The van der Waals surface area contributed by atoms with Gasteiger partial charge >= 0.3 is 5.97 Å². The van der Waals surface area contributed by atoms with Gasteiger partial charge < -0.3 is 5.11 Å². The van der Waals surface area contributed by atoms with Crippen LogP contribution in [0.5, 0.6) is 0 Å². The first-order valence-corrected chi connectivity index (χ1v) is 7.56. The van der Waals surface area contributed by atoms with E-state index in [-0.39, 0.29) is 11.2 Å². The Bertz CT molecular complexity index is 395. The van der Waals surface area contributed by atoms with E-state index in [9.17, 15) is 9.90 Å². The van der Waals surface area contributed by atoms with Gasteiger partial charge in [0.15, 0.2) is 4.34 Å². The van der Waals surface area contributed by atoms with Gasteiger partial charge in [-0.15, -0.1) is 10.2 Å². The monoisotopic (exact) mass is 272 g/mol. The average Bonchev–Trinajstić information content (AvgIpc) is 2.55. The third kappa shape index (κ3) is 3.42. The van der Waals surface area contributed by atoms with Crippen LogP contribution < -0.4 is 0 Å². The highest BCUT2D eigenvalue weighted by molar-refractivity contribution is 8.01. The molecular weight excluding hydrogens is 256 g/mol. The maximum Gasteiger partial charge on any atom is 0.307 e. The summed E-state index contributed by atoms with van der Waals surface area (Å²) in [6, 6.07) is 0. The largest absolute Gasteiger partial charge is 0.481 e. The number of aliphatic carboxylic acids is 1. The molecule has 0 bridgehead atoms. The van der Waals surface area contributed by atoms with Crippen molar-refractivity contribution in [2.75, 3.05) is 0 Å². The Labute approximate surface area is 109 Å². The fraction of sp³-hybridized carbons (Fsp3) is 0.727. The van der Waals surface area contributed by atoms with Crippen LogP contribution >= 0.6 is 23.1 Å². The van der Waals surface area contributed by atoms with Crippen LogP contribution in [-0.2, 0) is 4.79 Å². The number of hydrogen-bond acceptors (Lipinski definition) is 5. The van der Waals surface area contributed by atoms with E-state index in [1.807, 2.05) is 6.92 Å². The van der Waals surface area contributed by atoms with Gasteiger partial charge in [0.1, 0.15) is 5.01 Å². The number of carboxylic acid groups (broad SMARTS) is 1. The van der Waals surface area contributed by atoms with Gasteiger partial charge in [-0.3, -0.25) is 4.79 Å². The zero-order chi connectivity index (χ0) is 12.3. The molecule has 4 nitrogen and oxygen atoms in total. The highest BCUT2D eigenvalue weighted by Gasteiger charge is 2.30. The topological polar surface area (TPSA) is 63.1 Å². The summed E-state index contributed by atoms with van der Waals surface area (Å²) in [6.45, 7) is 1.92. The van der Waals surface area contributed by atoms with E-state index in [1.54, 1.807) is 23.1 Å². The second-order valence-electron chi connectivity index (χ2n) is 4.33. The number of aryl methyl sites for hydroxylation is 1. The molecule has 0 aromatic carbocycles. The van der Waals surface area contributed by atoms with E-state index < -0.39 is 5.97 Å². The zero-order valence-corrected chi connectivity index (χ0v) is 11.4. The quantitative estimate of drug-likeness (QED) is 0.857. The number of nitrogens with zero attached hydrogens (tertiary/aromatic N) is 2. The molecule has 0 spiro atoms. The van der Waals surface area contributed by atoms with Crippen LogP contribution in [0, 0.1) is 12.8 Å². The van der Waals surface area contributed by atoms with E-state index in [0.717, 1.165) is 41.5 Å². The Morgan fingerprint density at radius 1 is 1.35 bits per heavy atom. The molecule has 2 atom stereocenters. The van der Waals surface area contributed by atoms with Crippen molar-refractivity contribution < 1.29 is 9.90 Å². The molecule has 1 N–H and O–H groups in total. The van der Waals surface area contributed by atoms with Crippen LogP contribution in [0.4, 0.5) is 0 Å². The number of carboxylic acids is 1. The standard InChI is InChI=1S/C11H16N2O2S2/c1-7-12-13-11(16-7)17-9-6-4-2-3-5-8(9)10(14)15/h8-9H,2-6H2,1H3,(H,14,15). The lowest BCUT2D eigenvalue weighted by molar-refractivity contribution is -0.141. The number of carbonyl (C=O) groups is 1. The van der Waals surface area contributed by atoms with Crippen LogP contribution in [0.1, 0.15) is 37.1 Å². The van der Waals surface area contributed by atoms with Gasteiger partial charge in [0.25, 0.3) is 0 Å². The average molecular weight is 272 g/mol. The van der Waals surface area contributed by atoms with E-state index in [1.165, 1.54) is 0 Å². The van der Waals surface area contributed by atoms with Gasteiger partial charge in [-0.2, -0.15) is 0 Å². The molecule has 2 unspecified atom stereocenters. The molecule has 1 aliphatic carbocycles. The second kappa shape index (κ2) is 5.82. The highest BCUT2D eigenvalue weighted by Crippen LogP contribution is 2.37. The molecule has 1 aromatic heterocycles. The molecule has 1 saturated carbocycles. The van der Waals surface area contributed by atoms with Crippen molar-refractivity contribution in [1.29, 1.82) is 0 Å². The molecule has 17 heavy (non-hydrogen) atoms. The predicted molar refractivity (Wildman–Crippen MR) is 68.5 cm³/mol. The van der Waals surface area contributed by atoms with E-state index >= 15 is 0 Å². The van der Waals surface area contributed by atoms with Crippen molar-refractivity contribution >= 4 is 29.1 Å². The third-order valence-corrected chi connectivity index (χ3v) is 5.35. The van der Waals surface area contributed by atoms with E-state index in [2.05, 4.69) is 10.2 Å². The van der Waals surface area contributed by atoms with Gasteiger partial charge in [0, 0.05) is 5.25 Å². The van der Waals surface area contributed by atoms with Crippen LogP contribution in [0.3, 0.4) is 0 Å². The fourth-order valence-electron chi connectivity index (χ4n) is 2.15. The molecule has 1 aliphatic rings. The van der Waals surface area contributed by atoms with Crippen LogP contribution in [-0.4, -0.2) is 26.5 Å². The molecule has 1 fully saturated rings. The summed E-state index contributed by atoms with van der Waals surface area (Å²) in [7, 11) is 0. The molecule has 0 amide bonds. The smallest absolute Gasteiger partial charge is 0.307 e. The molecule has 2 rings (SSSR count). The van der Waals surface area contributed by atoms with Gasteiger partial charge in [-0.25, -0.2) is 0 Å². The van der Waals surface area contributed by atoms with Crippen molar-refractivity contribution in [3.8, 4) is 0 Å². The Kier molecular flexibility index (Phi) is 4.39. The minimum Gasteiger partial charge on any atom is -0.481 e. The van der Waals surface area contributed by atoms with E-state index in [0.29, 0.717) is 0 Å². The predicted octanol–water partition coefficient (Wildman–Crippen LogP) is 2.97. The lowest BCUT2D eigenvalue weighted by Gasteiger charge is -2.19. The Hall–Kier alpha value is -0.620. The fourth-order valence-corrected chi connectivity index (χ4v) is 4.54. The zero-order valence-electron chi connectivity index (χ0n) is 9.76. The Morgan fingerprint density at radius 3 is 2.76 bits per heavy atom. The minimum absolute atomic E-state index is 0.155. The highest BCUT2D eigenvalue weighted by atomic mass is 32.2. The van der Waals surface area contributed by atoms with Gasteiger partial charge in [-0.05, 0) is 19.8 Å². The second-order valence-corrected chi connectivity index (χ2v) is 6.99. The maximum atomic E-state index is 11.3. The van der Waals surface area contributed by atoms with Crippen molar-refractivity contribution in [2.45, 2.75) is 48.6 Å². The van der Waals surface area contributed by atoms with Gasteiger partial charge in [0.05, 0.1) is 5.92 Å². The molecule has 0 aliphatic heterocycles. The van der Waals surface area contributed by atoms with Gasteiger partial charge in [-0.1, -0.05) is 42.4 Å². The molecule has 0 saturated heterocycles. The summed E-state index contributed by atoms with van der Waals surface area (Å²) >= 11 is 3.15. The lowest BCUT2D eigenvalue weighted by Crippen LogP contribution is -2.24. The van der Waals surface area contributed by atoms with Crippen molar-refractivity contribution in [2.24, 2.45) is 5.92 Å². The van der Waals surface area contributed by atoms with Crippen molar-refractivity contribution in [3.63, 3.8) is 0 Å². The van der Waals surface area contributed by atoms with Crippen LogP contribution in [0.25, 0.3) is 0 Å². The lowest BCUT2D eigenvalue weighted by atomic mass is 10.0. The van der Waals surface area contributed by atoms with Crippen molar-refractivity contribution in [3.05, 3.63) is 5.01 Å². The molecular formula is C11H16N2O2S2. The number of rotatable bonds is 3. The molecule has 0 radical (unpaired) electrons. The normalized spacial score (nSPS) is 25.5.